The average molecular weight is 289 g/mol. The number of nitrogens with zero attached hydrogens (tertiary/aromatic N) is 2. The van der Waals surface area contributed by atoms with Crippen LogP contribution in [0.1, 0.15) is 46.9 Å². The Morgan fingerprint density at radius 2 is 2.35 bits per heavy atom. The molecule has 1 atom stereocenters. The van der Waals surface area contributed by atoms with Gasteiger partial charge in [0, 0.05) is 41.7 Å². The molecule has 1 aliphatic carbocycles. The monoisotopic (exact) mass is 289 g/mol. The third-order valence-electron chi connectivity index (χ3n) is 4.06. The van der Waals surface area contributed by atoms with Crippen LogP contribution in [0.15, 0.2) is 18.5 Å². The lowest BCUT2D eigenvalue weighted by Crippen LogP contribution is -2.24. The zero-order valence-corrected chi connectivity index (χ0v) is 13.2. The molecule has 1 N–H and O–H groups in total. The summed E-state index contributed by atoms with van der Waals surface area (Å²) in [6.45, 7) is 3.29. The van der Waals surface area contributed by atoms with Crippen LogP contribution in [-0.2, 0) is 26.3 Å². The topological polar surface area (TPSA) is 29.9 Å². The molecule has 2 aromatic heterocycles. The van der Waals surface area contributed by atoms with Crippen molar-refractivity contribution < 1.29 is 0 Å². The summed E-state index contributed by atoms with van der Waals surface area (Å²) < 4.78 is 2.13. The summed E-state index contributed by atoms with van der Waals surface area (Å²) >= 11 is 2.01. The van der Waals surface area contributed by atoms with E-state index in [1.54, 1.807) is 10.4 Å². The van der Waals surface area contributed by atoms with Gasteiger partial charge in [-0.25, -0.2) is 4.98 Å². The highest BCUT2D eigenvalue weighted by atomic mass is 32.1. The summed E-state index contributed by atoms with van der Waals surface area (Å²) in [5.41, 5.74) is 1.59. The number of thiophene rings is 1. The molecule has 3 rings (SSSR count). The summed E-state index contributed by atoms with van der Waals surface area (Å²) in [4.78, 5) is 7.59. The van der Waals surface area contributed by atoms with Crippen LogP contribution in [0, 0.1) is 0 Å². The van der Waals surface area contributed by atoms with E-state index in [4.69, 9.17) is 0 Å². The second kappa shape index (κ2) is 6.10. The molecule has 1 aliphatic rings. The van der Waals surface area contributed by atoms with E-state index in [1.165, 1.54) is 30.6 Å². The van der Waals surface area contributed by atoms with Gasteiger partial charge in [0.2, 0.25) is 0 Å². The van der Waals surface area contributed by atoms with Gasteiger partial charge in [-0.05, 0) is 43.9 Å². The number of fused-ring (bicyclic) bond motifs is 1. The van der Waals surface area contributed by atoms with Crippen LogP contribution < -0.4 is 5.32 Å². The number of hydrogen-bond donors (Lipinski definition) is 1. The Morgan fingerprint density at radius 1 is 1.45 bits per heavy atom. The molecule has 0 saturated carbocycles. The molecule has 0 radical (unpaired) electrons. The highest BCUT2D eigenvalue weighted by Crippen LogP contribution is 2.34. The first-order valence-corrected chi connectivity index (χ1v) is 8.40. The van der Waals surface area contributed by atoms with Crippen molar-refractivity contribution in [2.24, 2.45) is 7.05 Å². The Labute approximate surface area is 125 Å². The van der Waals surface area contributed by atoms with Gasteiger partial charge in [0.1, 0.15) is 5.82 Å². The predicted octanol–water partition coefficient (Wildman–Crippen LogP) is 3.25. The van der Waals surface area contributed by atoms with Crippen molar-refractivity contribution in [1.82, 2.24) is 14.9 Å². The minimum atomic E-state index is 0.409. The molecule has 0 amide bonds. The van der Waals surface area contributed by atoms with Crippen LogP contribution in [0.25, 0.3) is 0 Å². The largest absolute Gasteiger partial charge is 0.338 e. The fraction of sp³-hybridized carbons (Fsp3) is 0.562. The van der Waals surface area contributed by atoms with Gasteiger partial charge < -0.3 is 9.88 Å². The molecular formula is C16H23N3S. The molecule has 0 bridgehead atoms. The van der Waals surface area contributed by atoms with Gasteiger partial charge in [-0.3, -0.25) is 0 Å². The van der Waals surface area contributed by atoms with Gasteiger partial charge in [-0.1, -0.05) is 6.92 Å². The minimum Gasteiger partial charge on any atom is -0.338 e. The standard InChI is InChI=1S/C16H23N3S/c1-3-7-17-13(11-16-18-8-9-19(16)2)15-10-12-5-4-6-14(12)20-15/h8-10,13,17H,3-7,11H2,1-2H3. The maximum atomic E-state index is 4.48. The maximum Gasteiger partial charge on any atom is 0.110 e. The SMILES string of the molecule is CCCNC(Cc1nccn1C)c1cc2c(s1)CCC2. The van der Waals surface area contributed by atoms with Crippen molar-refractivity contribution in [2.45, 2.75) is 45.1 Å². The van der Waals surface area contributed by atoms with E-state index in [0.29, 0.717) is 6.04 Å². The summed E-state index contributed by atoms with van der Waals surface area (Å²) in [5, 5.41) is 3.70. The van der Waals surface area contributed by atoms with Crippen molar-refractivity contribution in [1.29, 1.82) is 0 Å². The number of aryl methyl sites for hydroxylation is 3. The minimum absolute atomic E-state index is 0.409. The third kappa shape index (κ3) is 2.81. The molecule has 2 heterocycles. The van der Waals surface area contributed by atoms with Gasteiger partial charge in [0.25, 0.3) is 0 Å². The molecule has 108 valence electrons. The van der Waals surface area contributed by atoms with Crippen molar-refractivity contribution in [3.8, 4) is 0 Å². The molecule has 20 heavy (non-hydrogen) atoms. The molecule has 1 unspecified atom stereocenters. The normalized spacial score (nSPS) is 15.5. The fourth-order valence-corrected chi connectivity index (χ4v) is 4.22. The van der Waals surface area contributed by atoms with Crippen LogP contribution >= 0.6 is 11.3 Å². The van der Waals surface area contributed by atoms with Crippen molar-refractivity contribution >= 4 is 11.3 Å². The molecule has 0 fully saturated rings. The van der Waals surface area contributed by atoms with Crippen molar-refractivity contribution in [2.75, 3.05) is 6.54 Å². The van der Waals surface area contributed by atoms with Crippen LogP contribution in [0.2, 0.25) is 0 Å². The van der Waals surface area contributed by atoms with E-state index in [9.17, 15) is 0 Å². The Hall–Kier alpha value is -1.13. The Morgan fingerprint density at radius 3 is 3.05 bits per heavy atom. The zero-order chi connectivity index (χ0) is 13.9. The Bertz CT molecular complexity index is 549. The van der Waals surface area contributed by atoms with Crippen LogP contribution in [0.5, 0.6) is 0 Å². The van der Waals surface area contributed by atoms with Gasteiger partial charge >= 0.3 is 0 Å². The number of hydrogen-bond acceptors (Lipinski definition) is 3. The predicted molar refractivity (Wildman–Crippen MR) is 84.3 cm³/mol. The molecule has 0 aliphatic heterocycles. The van der Waals surface area contributed by atoms with E-state index in [1.807, 2.05) is 23.7 Å². The summed E-state index contributed by atoms with van der Waals surface area (Å²) in [6, 6.07) is 2.84. The third-order valence-corrected chi connectivity index (χ3v) is 5.41. The first kappa shape index (κ1) is 13.8. The quantitative estimate of drug-likeness (QED) is 0.884. The van der Waals surface area contributed by atoms with E-state index in [2.05, 4.69) is 34.9 Å². The summed E-state index contributed by atoms with van der Waals surface area (Å²) in [5.74, 6) is 1.16. The molecule has 0 aromatic carbocycles. The van der Waals surface area contributed by atoms with E-state index in [0.717, 1.165) is 18.8 Å². The molecule has 3 nitrogen and oxygen atoms in total. The van der Waals surface area contributed by atoms with Gasteiger partial charge in [0.15, 0.2) is 0 Å². The highest BCUT2D eigenvalue weighted by Gasteiger charge is 2.21. The second-order valence-corrected chi connectivity index (χ2v) is 6.78. The number of imidazole rings is 1. The first-order valence-electron chi connectivity index (χ1n) is 7.59. The van der Waals surface area contributed by atoms with E-state index in [-0.39, 0.29) is 0 Å². The van der Waals surface area contributed by atoms with Crippen molar-refractivity contribution in [3.05, 3.63) is 39.6 Å². The first-order chi connectivity index (χ1) is 9.78. The molecular weight excluding hydrogens is 266 g/mol. The van der Waals surface area contributed by atoms with Gasteiger partial charge in [-0.2, -0.15) is 0 Å². The average Bonchev–Trinajstić information content (AvgIpc) is 3.10. The van der Waals surface area contributed by atoms with Crippen molar-refractivity contribution in [3.63, 3.8) is 0 Å². The van der Waals surface area contributed by atoms with Crippen LogP contribution in [0.4, 0.5) is 0 Å². The van der Waals surface area contributed by atoms with E-state index >= 15 is 0 Å². The van der Waals surface area contributed by atoms with Gasteiger partial charge in [-0.15, -0.1) is 11.3 Å². The molecule has 2 aromatic rings. The smallest absolute Gasteiger partial charge is 0.110 e. The fourth-order valence-electron chi connectivity index (χ4n) is 2.89. The second-order valence-electron chi connectivity index (χ2n) is 5.62. The Balaban J connectivity index is 1.79. The Kier molecular flexibility index (Phi) is 4.22. The number of nitrogens with one attached hydrogen (secondary N) is 1. The van der Waals surface area contributed by atoms with Crippen LogP contribution in [0.3, 0.4) is 0 Å². The van der Waals surface area contributed by atoms with Gasteiger partial charge in [0.05, 0.1) is 0 Å². The molecule has 0 spiro atoms. The van der Waals surface area contributed by atoms with Crippen LogP contribution in [-0.4, -0.2) is 16.1 Å². The van der Waals surface area contributed by atoms with E-state index < -0.39 is 0 Å². The lowest BCUT2D eigenvalue weighted by Gasteiger charge is -2.17. The lowest BCUT2D eigenvalue weighted by molar-refractivity contribution is 0.518. The lowest BCUT2D eigenvalue weighted by atomic mass is 10.1. The highest BCUT2D eigenvalue weighted by molar-refractivity contribution is 7.12. The number of rotatable bonds is 6. The number of aromatic nitrogens is 2. The summed E-state index contributed by atoms with van der Waals surface area (Å²) in [6.07, 6.45) is 9.96. The maximum absolute atomic E-state index is 4.48. The molecule has 4 heteroatoms. The zero-order valence-electron chi connectivity index (χ0n) is 12.4. The molecule has 0 saturated heterocycles. The summed E-state index contributed by atoms with van der Waals surface area (Å²) in [7, 11) is 2.08.